The SMILES string of the molecule is O=C(NC1CCCC1c1ccccc1C(F)(F)F)C1CCNCC1. The van der Waals surface area contributed by atoms with Crippen molar-refractivity contribution in [3.63, 3.8) is 0 Å². The van der Waals surface area contributed by atoms with E-state index in [-0.39, 0.29) is 23.8 Å². The highest BCUT2D eigenvalue weighted by Crippen LogP contribution is 2.41. The molecule has 1 amide bonds. The van der Waals surface area contributed by atoms with Crippen LogP contribution in [-0.4, -0.2) is 25.0 Å². The molecule has 1 aliphatic heterocycles. The van der Waals surface area contributed by atoms with Gasteiger partial charge >= 0.3 is 6.18 Å². The molecular weight excluding hydrogens is 317 g/mol. The predicted molar refractivity (Wildman–Crippen MR) is 85.6 cm³/mol. The number of rotatable bonds is 3. The quantitative estimate of drug-likeness (QED) is 0.885. The van der Waals surface area contributed by atoms with Gasteiger partial charge in [-0.2, -0.15) is 13.2 Å². The molecule has 2 fully saturated rings. The molecule has 0 radical (unpaired) electrons. The van der Waals surface area contributed by atoms with E-state index in [2.05, 4.69) is 10.6 Å². The lowest BCUT2D eigenvalue weighted by Crippen LogP contribution is -2.43. The molecule has 132 valence electrons. The Hall–Kier alpha value is -1.56. The average Bonchev–Trinajstić information content (AvgIpc) is 3.03. The van der Waals surface area contributed by atoms with Gasteiger partial charge in [0, 0.05) is 17.9 Å². The third-order valence-electron chi connectivity index (χ3n) is 5.22. The first-order valence-corrected chi connectivity index (χ1v) is 8.64. The number of carbonyl (C=O) groups is 1. The minimum atomic E-state index is -4.36. The zero-order valence-electron chi connectivity index (χ0n) is 13.5. The van der Waals surface area contributed by atoms with Crippen molar-refractivity contribution in [1.82, 2.24) is 10.6 Å². The Balaban J connectivity index is 1.75. The van der Waals surface area contributed by atoms with Gasteiger partial charge in [-0.25, -0.2) is 0 Å². The van der Waals surface area contributed by atoms with Crippen LogP contribution in [0.15, 0.2) is 24.3 Å². The number of piperidine rings is 1. The first kappa shape index (κ1) is 17.3. The molecule has 2 unspecified atom stereocenters. The second-order valence-corrected chi connectivity index (χ2v) is 6.76. The van der Waals surface area contributed by atoms with E-state index in [0.29, 0.717) is 12.0 Å². The van der Waals surface area contributed by atoms with Gasteiger partial charge in [-0.3, -0.25) is 4.79 Å². The molecule has 1 aromatic rings. The third kappa shape index (κ3) is 3.74. The second-order valence-electron chi connectivity index (χ2n) is 6.76. The Bertz CT molecular complexity index is 582. The summed E-state index contributed by atoms with van der Waals surface area (Å²) in [6, 6.07) is 5.57. The number of hydrogen-bond donors (Lipinski definition) is 2. The smallest absolute Gasteiger partial charge is 0.353 e. The molecule has 1 saturated carbocycles. The molecule has 0 spiro atoms. The molecule has 1 aromatic carbocycles. The lowest BCUT2D eigenvalue weighted by molar-refractivity contribution is -0.138. The van der Waals surface area contributed by atoms with Crippen molar-refractivity contribution < 1.29 is 18.0 Å². The third-order valence-corrected chi connectivity index (χ3v) is 5.22. The number of alkyl halides is 3. The Labute approximate surface area is 140 Å². The van der Waals surface area contributed by atoms with Gasteiger partial charge in [0.2, 0.25) is 5.91 Å². The zero-order valence-corrected chi connectivity index (χ0v) is 13.5. The molecule has 3 nitrogen and oxygen atoms in total. The van der Waals surface area contributed by atoms with Crippen molar-refractivity contribution >= 4 is 5.91 Å². The fraction of sp³-hybridized carbons (Fsp3) is 0.611. The van der Waals surface area contributed by atoms with Crippen LogP contribution in [0.5, 0.6) is 0 Å². The molecular formula is C18H23F3N2O. The van der Waals surface area contributed by atoms with Crippen molar-refractivity contribution in [2.24, 2.45) is 5.92 Å². The molecule has 0 aromatic heterocycles. The highest BCUT2D eigenvalue weighted by atomic mass is 19.4. The molecule has 2 atom stereocenters. The Morgan fingerprint density at radius 1 is 1.08 bits per heavy atom. The topological polar surface area (TPSA) is 41.1 Å². The van der Waals surface area contributed by atoms with Crippen LogP contribution in [0.4, 0.5) is 13.2 Å². The van der Waals surface area contributed by atoms with Crippen molar-refractivity contribution in [1.29, 1.82) is 0 Å². The van der Waals surface area contributed by atoms with Crippen molar-refractivity contribution in [2.45, 2.75) is 50.2 Å². The van der Waals surface area contributed by atoms with Gasteiger partial charge in [0.25, 0.3) is 0 Å². The van der Waals surface area contributed by atoms with E-state index in [1.807, 2.05) is 0 Å². The normalized spacial score (nSPS) is 25.6. The molecule has 1 heterocycles. The van der Waals surface area contributed by atoms with Gasteiger partial charge in [0.05, 0.1) is 5.56 Å². The van der Waals surface area contributed by atoms with E-state index in [9.17, 15) is 18.0 Å². The molecule has 24 heavy (non-hydrogen) atoms. The van der Waals surface area contributed by atoms with Crippen LogP contribution in [0.1, 0.15) is 49.1 Å². The molecule has 3 rings (SSSR count). The van der Waals surface area contributed by atoms with Gasteiger partial charge in [-0.05, 0) is 50.4 Å². The minimum Gasteiger partial charge on any atom is -0.353 e. The second kappa shape index (κ2) is 7.13. The highest BCUT2D eigenvalue weighted by molar-refractivity contribution is 5.79. The van der Waals surface area contributed by atoms with Crippen LogP contribution in [0, 0.1) is 5.92 Å². The monoisotopic (exact) mass is 340 g/mol. The maximum atomic E-state index is 13.3. The number of carbonyl (C=O) groups excluding carboxylic acids is 1. The first-order valence-electron chi connectivity index (χ1n) is 8.64. The van der Waals surface area contributed by atoms with Gasteiger partial charge in [-0.15, -0.1) is 0 Å². The predicted octanol–water partition coefficient (Wildman–Crippen LogP) is 3.46. The number of benzene rings is 1. The maximum absolute atomic E-state index is 13.3. The maximum Gasteiger partial charge on any atom is 0.416 e. The largest absolute Gasteiger partial charge is 0.416 e. The van der Waals surface area contributed by atoms with Crippen molar-refractivity contribution in [3.05, 3.63) is 35.4 Å². The average molecular weight is 340 g/mol. The summed E-state index contributed by atoms with van der Waals surface area (Å²) >= 11 is 0. The fourth-order valence-electron chi connectivity index (χ4n) is 3.97. The molecule has 1 saturated heterocycles. The highest BCUT2D eigenvalue weighted by Gasteiger charge is 2.39. The Kier molecular flexibility index (Phi) is 5.13. The summed E-state index contributed by atoms with van der Waals surface area (Å²) in [7, 11) is 0. The van der Waals surface area contributed by atoms with E-state index < -0.39 is 11.7 Å². The lowest BCUT2D eigenvalue weighted by Gasteiger charge is -2.28. The van der Waals surface area contributed by atoms with Crippen LogP contribution in [0.2, 0.25) is 0 Å². The van der Waals surface area contributed by atoms with Gasteiger partial charge in [0.15, 0.2) is 0 Å². The van der Waals surface area contributed by atoms with E-state index in [0.717, 1.165) is 44.8 Å². The van der Waals surface area contributed by atoms with Gasteiger partial charge in [0.1, 0.15) is 0 Å². The summed E-state index contributed by atoms with van der Waals surface area (Å²) in [6.45, 7) is 1.65. The molecule has 6 heteroatoms. The van der Waals surface area contributed by atoms with E-state index in [1.54, 1.807) is 12.1 Å². The van der Waals surface area contributed by atoms with Gasteiger partial charge in [-0.1, -0.05) is 24.6 Å². The van der Waals surface area contributed by atoms with E-state index in [1.165, 1.54) is 6.07 Å². The lowest BCUT2D eigenvalue weighted by atomic mass is 9.89. The van der Waals surface area contributed by atoms with Crippen LogP contribution in [0.25, 0.3) is 0 Å². The summed E-state index contributed by atoms with van der Waals surface area (Å²) in [4.78, 5) is 12.5. The standard InChI is InChI=1S/C18H23F3N2O/c19-18(20,21)15-6-2-1-4-13(15)14-5-3-7-16(14)23-17(24)12-8-10-22-11-9-12/h1-2,4,6,12,14,16,22H,3,5,7-11H2,(H,23,24). The molecule has 2 aliphatic rings. The van der Waals surface area contributed by atoms with Crippen molar-refractivity contribution in [2.75, 3.05) is 13.1 Å². The fourth-order valence-corrected chi connectivity index (χ4v) is 3.97. The van der Waals surface area contributed by atoms with Crippen LogP contribution in [0.3, 0.4) is 0 Å². The number of hydrogen-bond acceptors (Lipinski definition) is 2. The van der Waals surface area contributed by atoms with Crippen molar-refractivity contribution in [3.8, 4) is 0 Å². The van der Waals surface area contributed by atoms with Gasteiger partial charge < -0.3 is 10.6 Å². The summed E-state index contributed by atoms with van der Waals surface area (Å²) in [5, 5.41) is 6.26. The first-order chi connectivity index (χ1) is 11.5. The summed E-state index contributed by atoms with van der Waals surface area (Å²) in [5.41, 5.74) is -0.254. The number of nitrogens with one attached hydrogen (secondary N) is 2. The van der Waals surface area contributed by atoms with Crippen LogP contribution >= 0.6 is 0 Å². The number of halogens is 3. The van der Waals surface area contributed by atoms with E-state index in [4.69, 9.17) is 0 Å². The molecule has 2 N–H and O–H groups in total. The Morgan fingerprint density at radius 2 is 1.79 bits per heavy atom. The molecule has 1 aliphatic carbocycles. The number of amides is 1. The minimum absolute atomic E-state index is 0.00195. The summed E-state index contributed by atoms with van der Waals surface area (Å²) < 4.78 is 39.9. The van der Waals surface area contributed by atoms with E-state index >= 15 is 0 Å². The molecule has 0 bridgehead atoms. The summed E-state index contributed by atoms with van der Waals surface area (Å²) in [6.07, 6.45) is -0.501. The van der Waals surface area contributed by atoms with Crippen LogP contribution < -0.4 is 10.6 Å². The Morgan fingerprint density at radius 3 is 2.50 bits per heavy atom. The summed E-state index contributed by atoms with van der Waals surface area (Å²) in [5.74, 6) is -0.281. The van der Waals surface area contributed by atoms with Crippen LogP contribution in [-0.2, 0) is 11.0 Å². The zero-order chi connectivity index (χ0) is 17.2.